The van der Waals surface area contributed by atoms with Gasteiger partial charge in [0.2, 0.25) is 0 Å². The van der Waals surface area contributed by atoms with E-state index in [9.17, 15) is 4.79 Å². The van der Waals surface area contributed by atoms with Crippen molar-refractivity contribution in [1.82, 2.24) is 14.9 Å². The first-order valence-corrected chi connectivity index (χ1v) is 9.24. The lowest BCUT2D eigenvalue weighted by Crippen LogP contribution is -2.48. The van der Waals surface area contributed by atoms with Crippen molar-refractivity contribution in [2.75, 3.05) is 37.3 Å². The third-order valence-corrected chi connectivity index (χ3v) is 5.55. The molecule has 22 heavy (non-hydrogen) atoms. The summed E-state index contributed by atoms with van der Waals surface area (Å²) in [5, 5.41) is 1.85. The summed E-state index contributed by atoms with van der Waals surface area (Å²) in [6.45, 7) is 5.14. The SMILES string of the molecule is CSc1nc(C(=O)N2CCN(c3ccnc(C)c3)CC2)cs1. The van der Waals surface area contributed by atoms with E-state index in [0.717, 1.165) is 36.2 Å². The number of pyridine rings is 1. The van der Waals surface area contributed by atoms with Crippen molar-refractivity contribution in [3.8, 4) is 0 Å². The van der Waals surface area contributed by atoms with Crippen LogP contribution in [0.5, 0.6) is 0 Å². The minimum absolute atomic E-state index is 0.0436. The molecular weight excluding hydrogens is 316 g/mol. The molecule has 7 heteroatoms. The smallest absolute Gasteiger partial charge is 0.273 e. The van der Waals surface area contributed by atoms with Crippen molar-refractivity contribution < 1.29 is 4.79 Å². The van der Waals surface area contributed by atoms with E-state index in [1.807, 2.05) is 35.7 Å². The van der Waals surface area contributed by atoms with Gasteiger partial charge in [0.15, 0.2) is 0 Å². The van der Waals surface area contributed by atoms with Crippen molar-refractivity contribution in [1.29, 1.82) is 0 Å². The molecule has 0 saturated carbocycles. The normalized spacial score (nSPS) is 15.2. The van der Waals surface area contributed by atoms with Crippen LogP contribution >= 0.6 is 23.1 Å². The highest BCUT2D eigenvalue weighted by Gasteiger charge is 2.24. The number of rotatable bonds is 3. The van der Waals surface area contributed by atoms with Gasteiger partial charge >= 0.3 is 0 Å². The lowest BCUT2D eigenvalue weighted by Gasteiger charge is -2.35. The van der Waals surface area contributed by atoms with Gasteiger partial charge in [-0.2, -0.15) is 0 Å². The number of thiazole rings is 1. The van der Waals surface area contributed by atoms with E-state index >= 15 is 0 Å². The van der Waals surface area contributed by atoms with Gasteiger partial charge in [0.25, 0.3) is 5.91 Å². The number of carbonyl (C=O) groups excluding carboxylic acids is 1. The molecule has 1 aliphatic rings. The van der Waals surface area contributed by atoms with E-state index < -0.39 is 0 Å². The van der Waals surface area contributed by atoms with Gasteiger partial charge in [0, 0.05) is 49.1 Å². The van der Waals surface area contributed by atoms with Crippen LogP contribution in [-0.4, -0.2) is 53.2 Å². The van der Waals surface area contributed by atoms with E-state index in [2.05, 4.69) is 20.9 Å². The number of carbonyl (C=O) groups is 1. The average Bonchev–Trinajstić information content (AvgIpc) is 3.03. The Kier molecular flexibility index (Phi) is 4.63. The van der Waals surface area contributed by atoms with Gasteiger partial charge in [0.05, 0.1) is 0 Å². The number of hydrogen-bond donors (Lipinski definition) is 0. The average molecular weight is 334 g/mol. The largest absolute Gasteiger partial charge is 0.368 e. The van der Waals surface area contributed by atoms with Crippen LogP contribution in [0.15, 0.2) is 28.0 Å². The van der Waals surface area contributed by atoms with Crippen LogP contribution in [0.4, 0.5) is 5.69 Å². The lowest BCUT2D eigenvalue weighted by atomic mass is 10.2. The first kappa shape index (κ1) is 15.3. The summed E-state index contributed by atoms with van der Waals surface area (Å²) in [4.78, 5) is 25.2. The molecule has 2 aromatic heterocycles. The predicted molar refractivity (Wildman–Crippen MR) is 91.0 cm³/mol. The van der Waals surface area contributed by atoms with Gasteiger partial charge in [-0.1, -0.05) is 11.8 Å². The molecule has 1 amide bonds. The van der Waals surface area contributed by atoms with E-state index in [4.69, 9.17) is 0 Å². The number of aromatic nitrogens is 2. The monoisotopic (exact) mass is 334 g/mol. The van der Waals surface area contributed by atoms with E-state index in [1.54, 1.807) is 11.8 Å². The fourth-order valence-electron chi connectivity index (χ4n) is 2.51. The van der Waals surface area contributed by atoms with Gasteiger partial charge in [-0.15, -0.1) is 11.3 Å². The summed E-state index contributed by atoms with van der Waals surface area (Å²) in [7, 11) is 0. The first-order chi connectivity index (χ1) is 10.7. The summed E-state index contributed by atoms with van der Waals surface area (Å²) in [6, 6.07) is 4.11. The van der Waals surface area contributed by atoms with E-state index in [0.29, 0.717) is 5.69 Å². The summed E-state index contributed by atoms with van der Waals surface area (Å²) in [6.07, 6.45) is 3.81. The minimum Gasteiger partial charge on any atom is -0.368 e. The van der Waals surface area contributed by atoms with E-state index in [1.165, 1.54) is 17.0 Å². The van der Waals surface area contributed by atoms with Crippen LogP contribution in [0.2, 0.25) is 0 Å². The maximum atomic E-state index is 12.5. The summed E-state index contributed by atoms with van der Waals surface area (Å²) >= 11 is 3.10. The minimum atomic E-state index is 0.0436. The number of thioether (sulfide) groups is 1. The van der Waals surface area contributed by atoms with Crippen LogP contribution in [0.1, 0.15) is 16.2 Å². The summed E-state index contributed by atoms with van der Waals surface area (Å²) in [5.74, 6) is 0.0436. The number of hydrogen-bond acceptors (Lipinski definition) is 6. The molecule has 0 bridgehead atoms. The van der Waals surface area contributed by atoms with Crippen LogP contribution in [0.25, 0.3) is 0 Å². The Morgan fingerprint density at radius 3 is 2.73 bits per heavy atom. The maximum absolute atomic E-state index is 12.5. The van der Waals surface area contributed by atoms with Crippen molar-refractivity contribution in [3.05, 3.63) is 35.1 Å². The van der Waals surface area contributed by atoms with Crippen molar-refractivity contribution in [3.63, 3.8) is 0 Å². The number of nitrogens with zero attached hydrogens (tertiary/aromatic N) is 4. The standard InChI is InChI=1S/C15H18N4OS2/c1-11-9-12(3-4-16-11)18-5-7-19(8-6-18)14(20)13-10-22-15(17-13)21-2/h3-4,9-10H,5-8H2,1-2H3. The van der Waals surface area contributed by atoms with Gasteiger partial charge in [-0.05, 0) is 25.3 Å². The number of anilines is 1. The zero-order valence-corrected chi connectivity index (χ0v) is 14.3. The number of amides is 1. The molecule has 0 radical (unpaired) electrons. The fourth-order valence-corrected chi connectivity index (χ4v) is 3.74. The molecule has 2 aromatic rings. The molecule has 3 heterocycles. The third kappa shape index (κ3) is 3.25. The highest BCUT2D eigenvalue weighted by molar-refractivity contribution is 8.00. The Morgan fingerprint density at radius 2 is 2.09 bits per heavy atom. The quantitative estimate of drug-likeness (QED) is 0.807. The summed E-state index contributed by atoms with van der Waals surface area (Å²) < 4.78 is 0.939. The highest BCUT2D eigenvalue weighted by Crippen LogP contribution is 2.22. The Hall–Kier alpha value is -1.60. The molecule has 0 aromatic carbocycles. The Labute approximate surface area is 138 Å². The molecule has 3 rings (SSSR count). The lowest BCUT2D eigenvalue weighted by molar-refractivity contribution is 0.0741. The van der Waals surface area contributed by atoms with Gasteiger partial charge in [-0.3, -0.25) is 9.78 Å². The number of piperazine rings is 1. The zero-order chi connectivity index (χ0) is 15.5. The van der Waals surface area contributed by atoms with Crippen molar-refractivity contribution in [2.45, 2.75) is 11.3 Å². The second kappa shape index (κ2) is 6.66. The van der Waals surface area contributed by atoms with Crippen LogP contribution in [0, 0.1) is 6.92 Å². The molecule has 1 saturated heterocycles. The topological polar surface area (TPSA) is 49.3 Å². The van der Waals surface area contributed by atoms with Crippen LogP contribution in [0.3, 0.4) is 0 Å². The number of aryl methyl sites for hydroxylation is 1. The third-order valence-electron chi connectivity index (χ3n) is 3.69. The molecule has 0 spiro atoms. The highest BCUT2D eigenvalue weighted by atomic mass is 32.2. The van der Waals surface area contributed by atoms with Crippen LogP contribution in [-0.2, 0) is 0 Å². The molecule has 0 unspecified atom stereocenters. The molecule has 1 aliphatic heterocycles. The predicted octanol–water partition coefficient (Wildman–Crippen LogP) is 2.53. The van der Waals surface area contributed by atoms with E-state index in [-0.39, 0.29) is 5.91 Å². The van der Waals surface area contributed by atoms with Crippen LogP contribution < -0.4 is 4.90 Å². The Balaban J connectivity index is 1.62. The molecule has 116 valence electrons. The zero-order valence-electron chi connectivity index (χ0n) is 12.7. The molecule has 5 nitrogen and oxygen atoms in total. The molecular formula is C15H18N4OS2. The van der Waals surface area contributed by atoms with Gasteiger partial charge in [-0.25, -0.2) is 4.98 Å². The Bertz CT molecular complexity index is 665. The molecule has 1 fully saturated rings. The summed E-state index contributed by atoms with van der Waals surface area (Å²) in [5.41, 5.74) is 2.77. The van der Waals surface area contributed by atoms with Gasteiger partial charge in [0.1, 0.15) is 10.0 Å². The molecule has 0 aliphatic carbocycles. The first-order valence-electron chi connectivity index (χ1n) is 7.14. The second-order valence-corrected chi connectivity index (χ2v) is 7.05. The second-order valence-electron chi connectivity index (χ2n) is 5.14. The molecule has 0 atom stereocenters. The van der Waals surface area contributed by atoms with Crippen molar-refractivity contribution >= 4 is 34.7 Å². The fraction of sp³-hybridized carbons (Fsp3) is 0.400. The van der Waals surface area contributed by atoms with Crippen molar-refractivity contribution in [2.24, 2.45) is 0 Å². The van der Waals surface area contributed by atoms with Gasteiger partial charge < -0.3 is 9.80 Å². The molecule has 0 N–H and O–H groups in total. The maximum Gasteiger partial charge on any atom is 0.273 e. The Morgan fingerprint density at radius 1 is 1.32 bits per heavy atom.